The van der Waals surface area contributed by atoms with Gasteiger partial charge < -0.3 is 18.6 Å². The quantitative estimate of drug-likeness (QED) is 0.162. The van der Waals surface area contributed by atoms with E-state index in [4.69, 9.17) is 0 Å². The maximum Gasteiger partial charge on any atom is 0.0726 e. The Morgan fingerprint density at radius 2 is 0.605 bits per heavy atom. The summed E-state index contributed by atoms with van der Waals surface area (Å²) in [7, 11) is 0. The minimum absolute atomic E-state index is 0.551. The summed E-state index contributed by atoms with van der Waals surface area (Å²) in [6, 6.07) is 109. The summed E-state index contributed by atoms with van der Waals surface area (Å²) in [6.45, 7) is 0. The highest BCUT2D eigenvalue weighted by Gasteiger charge is 2.52. The normalized spacial score (nSPS) is 13.0. The van der Waals surface area contributed by atoms with Gasteiger partial charge in [0.15, 0.2) is 0 Å². The first-order valence-corrected chi connectivity index (χ1v) is 28.1. The predicted octanol–water partition coefficient (Wildman–Crippen LogP) is 19.9. The van der Waals surface area contributed by atoms with E-state index in [1.165, 1.54) is 104 Å². The van der Waals surface area contributed by atoms with Crippen molar-refractivity contribution in [2.45, 2.75) is 5.41 Å². The van der Waals surface area contributed by atoms with Gasteiger partial charge in [0, 0.05) is 66.4 Å². The number of fused-ring (bicyclic) bond motifs is 20. The SMILES string of the molecule is c1ccc(-n2c3ccccc3c3ccc(N(c4ccc5c(c4)C4(c6ccccc6-c6ccccc64)c4cc6ccccc6cc4-5)c4ccc5c6ccccc6n(-c6ccc7c8ccccc8n(-c8ccccc8)c7c6)c5c4)cc32)cc1. The van der Waals surface area contributed by atoms with Gasteiger partial charge in [-0.05, 0) is 158 Å². The van der Waals surface area contributed by atoms with E-state index in [-0.39, 0.29) is 0 Å². The van der Waals surface area contributed by atoms with Gasteiger partial charge in [0.1, 0.15) is 0 Å². The van der Waals surface area contributed by atoms with Gasteiger partial charge in [0.05, 0.1) is 38.5 Å². The largest absolute Gasteiger partial charge is 0.310 e. The second-order valence-corrected chi connectivity index (χ2v) is 22.0. The number of para-hydroxylation sites is 5. The molecule has 3 heterocycles. The van der Waals surface area contributed by atoms with Crippen molar-refractivity contribution in [3.63, 3.8) is 0 Å². The minimum Gasteiger partial charge on any atom is -0.310 e. The number of nitrogens with zero attached hydrogens (tertiary/aromatic N) is 4. The number of benzene rings is 13. The Morgan fingerprint density at radius 3 is 1.16 bits per heavy atom. The highest BCUT2D eigenvalue weighted by Crippen LogP contribution is 2.64. The molecule has 13 aromatic carbocycles. The molecule has 0 saturated carbocycles. The van der Waals surface area contributed by atoms with Crippen LogP contribution in [0.15, 0.2) is 291 Å². The minimum atomic E-state index is -0.551. The first-order chi connectivity index (χ1) is 40.2. The monoisotopic (exact) mass is 1030 g/mol. The van der Waals surface area contributed by atoms with Crippen LogP contribution >= 0.6 is 0 Å². The molecule has 0 radical (unpaired) electrons. The Hall–Kier alpha value is -10.7. The number of aromatic nitrogens is 3. The van der Waals surface area contributed by atoms with Gasteiger partial charge in [0.2, 0.25) is 0 Å². The van der Waals surface area contributed by atoms with E-state index >= 15 is 0 Å². The third-order valence-electron chi connectivity index (χ3n) is 18.0. The van der Waals surface area contributed by atoms with Gasteiger partial charge in [-0.2, -0.15) is 0 Å². The zero-order chi connectivity index (χ0) is 52.9. The molecule has 0 N–H and O–H groups in total. The number of rotatable bonds is 6. The molecule has 0 aliphatic heterocycles. The fraction of sp³-hybridized carbons (Fsp3) is 0.0130. The molecular weight excluding hydrogens is 981 g/mol. The van der Waals surface area contributed by atoms with E-state index in [2.05, 4.69) is 310 Å². The molecule has 0 atom stereocenters. The molecule has 16 aromatic rings. The number of anilines is 3. The Kier molecular flexibility index (Phi) is 9.12. The second-order valence-electron chi connectivity index (χ2n) is 22.0. The van der Waals surface area contributed by atoms with E-state index < -0.39 is 5.41 Å². The molecule has 0 bridgehead atoms. The molecule has 0 fully saturated rings. The second kappa shape index (κ2) is 16.7. The molecule has 4 heteroatoms. The molecule has 376 valence electrons. The van der Waals surface area contributed by atoms with E-state index in [0.29, 0.717) is 0 Å². The summed E-state index contributed by atoms with van der Waals surface area (Å²) in [5.41, 5.74) is 23.5. The van der Waals surface area contributed by atoms with Crippen LogP contribution in [0.1, 0.15) is 22.3 Å². The van der Waals surface area contributed by atoms with Crippen LogP contribution in [0.25, 0.3) is 116 Å². The lowest BCUT2D eigenvalue weighted by Gasteiger charge is -2.32. The van der Waals surface area contributed by atoms with Gasteiger partial charge in [-0.25, -0.2) is 0 Å². The maximum absolute atomic E-state index is 2.53. The van der Waals surface area contributed by atoms with Gasteiger partial charge in [-0.3, -0.25) is 0 Å². The Balaban J connectivity index is 0.921. The third-order valence-corrected chi connectivity index (χ3v) is 18.0. The lowest BCUT2D eigenvalue weighted by Crippen LogP contribution is -2.26. The molecule has 0 saturated heterocycles. The summed E-state index contributed by atoms with van der Waals surface area (Å²) in [4.78, 5) is 2.52. The van der Waals surface area contributed by atoms with E-state index in [0.717, 1.165) is 50.7 Å². The summed E-state index contributed by atoms with van der Waals surface area (Å²) >= 11 is 0. The summed E-state index contributed by atoms with van der Waals surface area (Å²) in [5.74, 6) is 0. The molecule has 0 amide bonds. The van der Waals surface area contributed by atoms with Gasteiger partial charge in [-0.1, -0.05) is 188 Å². The lowest BCUT2D eigenvalue weighted by atomic mass is 9.70. The smallest absolute Gasteiger partial charge is 0.0726 e. The predicted molar refractivity (Wildman–Crippen MR) is 338 cm³/mol. The number of hydrogen-bond acceptors (Lipinski definition) is 1. The van der Waals surface area contributed by atoms with Crippen LogP contribution in [0.3, 0.4) is 0 Å². The zero-order valence-corrected chi connectivity index (χ0v) is 44.0. The Morgan fingerprint density at radius 1 is 0.222 bits per heavy atom. The molecule has 3 aromatic heterocycles. The fourth-order valence-electron chi connectivity index (χ4n) is 14.7. The van der Waals surface area contributed by atoms with Crippen LogP contribution in [-0.2, 0) is 5.41 Å². The topological polar surface area (TPSA) is 18.0 Å². The van der Waals surface area contributed by atoms with Crippen LogP contribution in [0.5, 0.6) is 0 Å². The van der Waals surface area contributed by atoms with Crippen molar-refractivity contribution in [2.24, 2.45) is 0 Å². The van der Waals surface area contributed by atoms with E-state index in [1.807, 2.05) is 0 Å². The highest BCUT2D eigenvalue weighted by molar-refractivity contribution is 6.14. The molecule has 1 spiro atoms. The molecule has 4 nitrogen and oxygen atoms in total. The van der Waals surface area contributed by atoms with Crippen LogP contribution in [0.4, 0.5) is 17.1 Å². The fourth-order valence-corrected chi connectivity index (χ4v) is 14.7. The Labute approximate surface area is 467 Å². The molecule has 81 heavy (non-hydrogen) atoms. The maximum atomic E-state index is 2.53. The lowest BCUT2D eigenvalue weighted by molar-refractivity contribution is 0.795. The summed E-state index contributed by atoms with van der Waals surface area (Å²) < 4.78 is 7.34. The van der Waals surface area contributed by atoms with Crippen LogP contribution in [0, 0.1) is 0 Å². The third kappa shape index (κ3) is 6.08. The number of hydrogen-bond donors (Lipinski definition) is 0. The molecule has 2 aliphatic carbocycles. The highest BCUT2D eigenvalue weighted by atomic mass is 15.1. The summed E-state index contributed by atoms with van der Waals surface area (Å²) in [6.07, 6.45) is 0. The van der Waals surface area contributed by atoms with Crippen molar-refractivity contribution in [3.8, 4) is 39.3 Å². The molecular formula is C77H48N4. The van der Waals surface area contributed by atoms with Gasteiger partial charge >= 0.3 is 0 Å². The van der Waals surface area contributed by atoms with Crippen molar-refractivity contribution in [3.05, 3.63) is 313 Å². The summed E-state index contributed by atoms with van der Waals surface area (Å²) in [5, 5.41) is 9.82. The first kappa shape index (κ1) is 44.3. The van der Waals surface area contributed by atoms with Crippen molar-refractivity contribution in [1.29, 1.82) is 0 Å². The molecule has 18 rings (SSSR count). The van der Waals surface area contributed by atoms with Crippen molar-refractivity contribution in [1.82, 2.24) is 13.7 Å². The van der Waals surface area contributed by atoms with Gasteiger partial charge in [-0.15, -0.1) is 0 Å². The molecule has 2 aliphatic rings. The average Bonchev–Trinajstić information content (AvgIpc) is 3.45. The standard InChI is InChI=1S/C77H48N4/c1-3-21-51(22-4-1)79-71-32-16-11-27-60(71)63-40-36-54(46-74(63)79)78(53-35-39-59-66-43-49-19-7-8-20-50(49)44-69(66)77(70(59)45-53)67-30-14-9-25-57(67)58-26-10-15-31-68(58)77)55-37-41-65-62-29-13-18-34-73(62)81(76(65)47-55)56-38-42-64-61-28-12-17-33-72(61)80(75(64)48-56)52-23-5-2-6-24-52/h1-48H. The van der Waals surface area contributed by atoms with E-state index in [9.17, 15) is 0 Å². The van der Waals surface area contributed by atoms with E-state index in [1.54, 1.807) is 0 Å². The van der Waals surface area contributed by atoms with Crippen molar-refractivity contribution in [2.75, 3.05) is 4.90 Å². The van der Waals surface area contributed by atoms with Gasteiger partial charge in [0.25, 0.3) is 0 Å². The van der Waals surface area contributed by atoms with Crippen molar-refractivity contribution < 1.29 is 0 Å². The van der Waals surface area contributed by atoms with Crippen LogP contribution < -0.4 is 4.90 Å². The first-order valence-electron chi connectivity index (χ1n) is 28.1. The molecule has 0 unspecified atom stereocenters. The van der Waals surface area contributed by atoms with Crippen molar-refractivity contribution >= 4 is 93.3 Å². The van der Waals surface area contributed by atoms with Crippen LogP contribution in [0.2, 0.25) is 0 Å². The zero-order valence-electron chi connectivity index (χ0n) is 44.0. The van der Waals surface area contributed by atoms with Crippen LogP contribution in [-0.4, -0.2) is 13.7 Å². The Bertz CT molecular complexity index is 5260. The average molecular weight is 1030 g/mol.